The zero-order valence-corrected chi connectivity index (χ0v) is 43.0. The van der Waals surface area contributed by atoms with Gasteiger partial charge in [-0.2, -0.15) is 4.99 Å². The SMILES string of the molecule is CC(C)C[C@H]1C(=O)N2CCC[C@H]2[C@]2(O)O[C@](NC(=O)[C@@H]3C=C4c5cccc6[nH]c(Br)c(c56)C[C@H]4N(C)C3)(C(C)C)C(=O)N12.Cc1nccc2c1[nH]c1ccccc12.NC(N)=NC(=O)c1nc(Cl)c(N)nc1N. The highest BCUT2D eigenvalue weighted by molar-refractivity contribution is 9.10. The third-order valence-corrected chi connectivity index (χ3v) is 15.2. The minimum absolute atomic E-state index is 0.0737. The summed E-state index contributed by atoms with van der Waals surface area (Å²) in [6, 6.07) is 15.1. The summed E-state index contributed by atoms with van der Waals surface area (Å²) in [5, 5.41) is 18.7. The standard InChI is InChI=1S/C32H40BrN5O5.C12H10N2.C6H8ClN7O/c1-16(2)12-24-29(40)37-11-7-10-25(37)32(42)38(24)30(41)31(43-32,17(3)4)35-28(39)18-13-20-19-8-6-9-22-26(19)21(27(33)34-22)14-23(20)36(5)15-18;1-8-12-10(6-7-13-8)9-4-2-3-5-11(9)14-12;7-2-4(9)13-3(8)1(12-2)5(15)14-6(10)11/h6,8-9,13,16-18,23-25,34,42H,7,10-12,14-15H2,1-5H3,(H,35,39);2-7,14H,1H3;(H4,8,9,13)(H4,10,11,14,15)/t18-,23-,24+,25+,31-,32+;;/m1../s1. The van der Waals surface area contributed by atoms with E-state index >= 15 is 0 Å². The summed E-state index contributed by atoms with van der Waals surface area (Å²) in [7, 11) is 2.03. The van der Waals surface area contributed by atoms with Crippen LogP contribution < -0.4 is 28.3 Å². The van der Waals surface area contributed by atoms with Crippen LogP contribution >= 0.6 is 27.5 Å². The largest absolute Gasteiger partial charge is 0.382 e. The van der Waals surface area contributed by atoms with Crippen LogP contribution in [0.15, 0.2) is 70.4 Å². The fourth-order valence-corrected chi connectivity index (χ4v) is 11.5. The lowest BCUT2D eigenvalue weighted by Crippen LogP contribution is -2.71. The number of benzene rings is 2. The van der Waals surface area contributed by atoms with Crippen molar-refractivity contribution in [3.05, 3.63) is 93.1 Å². The first kappa shape index (κ1) is 50.3. The fourth-order valence-electron chi connectivity index (χ4n) is 10.8. The van der Waals surface area contributed by atoms with Crippen LogP contribution in [0.25, 0.3) is 38.3 Å². The lowest BCUT2D eigenvalue weighted by Gasteiger charge is -2.49. The summed E-state index contributed by atoms with van der Waals surface area (Å²) in [4.78, 5) is 80.2. The Morgan fingerprint density at radius 1 is 1.03 bits per heavy atom. The molecule has 4 amide bonds. The highest BCUT2D eigenvalue weighted by Gasteiger charge is 2.72. The van der Waals surface area contributed by atoms with E-state index in [2.05, 4.69) is 92.5 Å². The van der Waals surface area contributed by atoms with Crippen LogP contribution in [-0.2, 0) is 25.5 Å². The molecule has 4 aliphatic heterocycles. The van der Waals surface area contributed by atoms with Gasteiger partial charge in [0, 0.05) is 58.4 Å². The van der Waals surface area contributed by atoms with Gasteiger partial charge in [-0.25, -0.2) is 9.97 Å². The predicted molar refractivity (Wildman–Crippen MR) is 279 cm³/mol. The molecule has 22 heteroatoms. The molecule has 0 radical (unpaired) electrons. The van der Waals surface area contributed by atoms with E-state index < -0.39 is 53.3 Å². The molecule has 11 rings (SSSR count). The van der Waals surface area contributed by atoms with Gasteiger partial charge in [0.25, 0.3) is 11.8 Å². The first-order chi connectivity index (χ1) is 34.1. The molecule has 0 spiro atoms. The van der Waals surface area contributed by atoms with Crippen molar-refractivity contribution in [2.45, 2.75) is 90.1 Å². The van der Waals surface area contributed by atoms with Gasteiger partial charge in [0.05, 0.1) is 21.7 Å². The van der Waals surface area contributed by atoms with Crippen LogP contribution in [0.2, 0.25) is 5.15 Å². The number of ether oxygens (including phenoxy) is 1. The molecular weight excluding hydrogens is 1010 g/mol. The molecule has 0 saturated carbocycles. The van der Waals surface area contributed by atoms with Gasteiger partial charge in [-0.1, -0.05) is 75.7 Å². The van der Waals surface area contributed by atoms with E-state index in [1.54, 1.807) is 18.7 Å². The fraction of sp³-hybridized carbons (Fsp3) is 0.400. The Labute approximate surface area is 428 Å². The number of halogens is 2. The molecule has 1 aliphatic carbocycles. The van der Waals surface area contributed by atoms with Crippen LogP contribution in [0, 0.1) is 24.7 Å². The second-order valence-corrected chi connectivity index (χ2v) is 20.8. The number of nitrogens with one attached hydrogen (secondary N) is 3. The van der Waals surface area contributed by atoms with E-state index in [1.165, 1.54) is 32.1 Å². The predicted octanol–water partition coefficient (Wildman–Crippen LogP) is 4.93. The van der Waals surface area contributed by atoms with E-state index in [9.17, 15) is 24.3 Å². The van der Waals surface area contributed by atoms with E-state index in [-0.39, 0.29) is 46.3 Å². The molecule has 2 aromatic carbocycles. The molecule has 12 N–H and O–H groups in total. The highest BCUT2D eigenvalue weighted by Crippen LogP contribution is 2.49. The number of likely N-dealkylation sites (N-methyl/N-ethyl adjacent to an activating group) is 1. The van der Waals surface area contributed by atoms with E-state index in [4.69, 9.17) is 39.3 Å². The molecule has 6 aromatic rings. The number of H-pyrrole nitrogens is 2. The minimum atomic E-state index is -2.01. The molecule has 6 atom stereocenters. The molecule has 3 fully saturated rings. The number of aryl methyl sites for hydroxylation is 1. The Hall–Kier alpha value is -6.65. The Kier molecular flexibility index (Phi) is 13.3. The van der Waals surface area contributed by atoms with E-state index in [0.717, 1.165) is 45.3 Å². The zero-order valence-electron chi connectivity index (χ0n) is 40.7. The Morgan fingerprint density at radius 3 is 2.49 bits per heavy atom. The number of hydrogen-bond donors (Lipinski definition) is 8. The van der Waals surface area contributed by atoms with Crippen molar-refractivity contribution in [1.29, 1.82) is 0 Å². The van der Waals surface area contributed by atoms with Crippen molar-refractivity contribution in [3.63, 3.8) is 0 Å². The number of hydrogen-bond acceptors (Lipinski definition) is 12. The summed E-state index contributed by atoms with van der Waals surface area (Å²) in [6.07, 6.45) is 6.35. The average Bonchev–Trinajstić information content (AvgIpc) is 4.10. The van der Waals surface area contributed by atoms with Crippen LogP contribution in [0.5, 0.6) is 0 Å². The van der Waals surface area contributed by atoms with E-state index in [0.29, 0.717) is 25.9 Å². The molecule has 8 heterocycles. The lowest BCUT2D eigenvalue weighted by atomic mass is 9.79. The second kappa shape index (κ2) is 19.1. The number of aliphatic hydroxyl groups is 1. The number of piperazine rings is 1. The number of guanidine groups is 1. The molecule has 378 valence electrons. The molecule has 4 aromatic heterocycles. The monoisotopic (exact) mass is 1060 g/mol. The summed E-state index contributed by atoms with van der Waals surface area (Å²) in [5.41, 5.74) is 26.5. The summed E-state index contributed by atoms with van der Waals surface area (Å²) < 4.78 is 7.43. The summed E-state index contributed by atoms with van der Waals surface area (Å²) in [5.74, 6) is -5.52. The first-order valence-electron chi connectivity index (χ1n) is 23.8. The Balaban J connectivity index is 0.000000178. The number of anilines is 2. The number of nitrogen functional groups attached to an aromatic ring is 2. The first-order valence-corrected chi connectivity index (χ1v) is 25.0. The van der Waals surface area contributed by atoms with E-state index in [1.807, 2.05) is 52.2 Å². The van der Waals surface area contributed by atoms with Crippen LogP contribution in [0.3, 0.4) is 0 Å². The number of carbonyl (C=O) groups is 4. The van der Waals surface area contributed by atoms with Gasteiger partial charge in [-0.15, -0.1) is 0 Å². The number of aromatic amines is 2. The normalized spacial score (nSPS) is 24.3. The van der Waals surface area contributed by atoms with Gasteiger partial charge in [-0.05, 0) is 96.4 Å². The van der Waals surface area contributed by atoms with Gasteiger partial charge in [0.15, 0.2) is 28.4 Å². The molecule has 72 heavy (non-hydrogen) atoms. The Morgan fingerprint density at radius 2 is 1.76 bits per heavy atom. The zero-order chi connectivity index (χ0) is 51.7. The van der Waals surface area contributed by atoms with Gasteiger partial charge in [0.2, 0.25) is 17.5 Å². The van der Waals surface area contributed by atoms with Crippen molar-refractivity contribution in [1.82, 2.24) is 44.9 Å². The van der Waals surface area contributed by atoms with Crippen molar-refractivity contribution in [2.75, 3.05) is 31.6 Å². The lowest BCUT2D eigenvalue weighted by molar-refractivity contribution is -0.322. The number of amides is 4. The third-order valence-electron chi connectivity index (χ3n) is 14.2. The summed E-state index contributed by atoms with van der Waals surface area (Å²) >= 11 is 9.25. The molecule has 5 aliphatic rings. The molecule has 0 bridgehead atoms. The number of aliphatic imine (C=N–C) groups is 1. The maximum Gasteiger partial charge on any atom is 0.302 e. The van der Waals surface area contributed by atoms with Crippen LogP contribution in [0.1, 0.15) is 74.3 Å². The third kappa shape index (κ3) is 8.59. The minimum Gasteiger partial charge on any atom is -0.382 e. The van der Waals surface area contributed by atoms with Gasteiger partial charge >= 0.3 is 5.91 Å². The van der Waals surface area contributed by atoms with Crippen LogP contribution in [0.4, 0.5) is 11.6 Å². The van der Waals surface area contributed by atoms with Gasteiger partial charge < -0.3 is 48.2 Å². The number of nitrogens with zero attached hydrogens (tertiary/aromatic N) is 7. The number of carbonyl (C=O) groups excluding carboxylic acids is 4. The number of rotatable bonds is 6. The number of fused-ring (bicyclic) bond motifs is 8. The Bertz CT molecular complexity index is 3240. The highest BCUT2D eigenvalue weighted by atomic mass is 79.9. The van der Waals surface area contributed by atoms with Gasteiger partial charge in [-0.3, -0.25) is 38.7 Å². The quantitative estimate of drug-likeness (QED) is 0.0811. The smallest absolute Gasteiger partial charge is 0.302 e. The number of nitrogens with two attached hydrogens (primary N) is 4. The number of pyridine rings is 1. The average molecular weight is 1070 g/mol. The molecule has 3 saturated heterocycles. The number of aromatic nitrogens is 5. The molecule has 0 unspecified atom stereocenters. The maximum absolute atomic E-state index is 14.4. The van der Waals surface area contributed by atoms with Crippen molar-refractivity contribution in [2.24, 2.45) is 34.2 Å². The van der Waals surface area contributed by atoms with Crippen molar-refractivity contribution < 1.29 is 29.0 Å². The van der Waals surface area contributed by atoms with Gasteiger partial charge in [0.1, 0.15) is 12.1 Å². The van der Waals surface area contributed by atoms with Crippen molar-refractivity contribution in [3.8, 4) is 0 Å². The summed E-state index contributed by atoms with van der Waals surface area (Å²) in [6.45, 7) is 10.6. The van der Waals surface area contributed by atoms with Crippen LogP contribution in [-0.4, -0.2) is 124 Å². The molecule has 20 nitrogen and oxygen atoms in total. The topological polar surface area (TPSA) is 306 Å². The maximum atomic E-state index is 14.4. The number of para-hydroxylation sites is 1. The second-order valence-electron chi connectivity index (χ2n) is 19.6. The van der Waals surface area contributed by atoms with Crippen molar-refractivity contribution >= 4 is 107 Å². The molecular formula is C50H58BrClN14O6.